The van der Waals surface area contributed by atoms with E-state index in [2.05, 4.69) is 5.32 Å². The number of halogens is 2. The fourth-order valence-corrected chi connectivity index (χ4v) is 4.42. The molecule has 0 aromatic heterocycles. The molecule has 0 spiro atoms. The number of carbonyl (C=O) groups excluding carboxylic acids is 1. The van der Waals surface area contributed by atoms with Crippen LogP contribution in [0.2, 0.25) is 10.0 Å². The third-order valence-corrected chi connectivity index (χ3v) is 6.27. The van der Waals surface area contributed by atoms with E-state index in [9.17, 15) is 13.2 Å². The molecule has 3 rings (SSSR count). The Balaban J connectivity index is 1.69. The Morgan fingerprint density at radius 1 is 0.938 bits per heavy atom. The minimum Gasteiger partial charge on any atom is -0.497 e. The lowest BCUT2D eigenvalue weighted by Gasteiger charge is -2.23. The first kappa shape index (κ1) is 23.9. The molecule has 32 heavy (non-hydrogen) atoms. The number of methoxy groups -OCH3 is 1. The maximum absolute atomic E-state index is 12.5. The highest BCUT2D eigenvalue weighted by molar-refractivity contribution is 7.92. The zero-order chi connectivity index (χ0) is 23.3. The minimum atomic E-state index is -3.59. The summed E-state index contributed by atoms with van der Waals surface area (Å²) >= 11 is 12.1. The highest BCUT2D eigenvalue weighted by Gasteiger charge is 2.19. The van der Waals surface area contributed by atoms with E-state index in [-0.39, 0.29) is 12.5 Å². The Hall–Kier alpha value is -2.74. The smallest absolute Gasteiger partial charge is 0.251 e. The molecule has 0 aliphatic heterocycles. The summed E-state index contributed by atoms with van der Waals surface area (Å²) in [5.41, 5.74) is 2.49. The number of sulfonamides is 1. The standard InChI is InChI=1S/C23H22Cl2N2O4S/c1-31-22-9-5-16(6-10-22)14-26-23(28)18-7-3-17(4-8-18)15-27(32(2,29)30)21-12-19(24)11-20(25)13-21/h3-13H,14-15H2,1-2H3,(H,26,28). The average Bonchev–Trinajstić information content (AvgIpc) is 2.75. The first-order valence-electron chi connectivity index (χ1n) is 9.59. The quantitative estimate of drug-likeness (QED) is 0.485. The molecule has 3 aromatic carbocycles. The van der Waals surface area contributed by atoms with Crippen molar-refractivity contribution in [2.45, 2.75) is 13.1 Å². The van der Waals surface area contributed by atoms with Gasteiger partial charge in [0.2, 0.25) is 10.0 Å². The first-order valence-corrected chi connectivity index (χ1v) is 12.2. The third-order valence-electron chi connectivity index (χ3n) is 4.69. The largest absolute Gasteiger partial charge is 0.497 e. The SMILES string of the molecule is COc1ccc(CNC(=O)c2ccc(CN(c3cc(Cl)cc(Cl)c3)S(C)(=O)=O)cc2)cc1. The van der Waals surface area contributed by atoms with E-state index < -0.39 is 10.0 Å². The highest BCUT2D eigenvalue weighted by atomic mass is 35.5. The zero-order valence-electron chi connectivity index (χ0n) is 17.5. The van der Waals surface area contributed by atoms with E-state index in [4.69, 9.17) is 27.9 Å². The molecule has 9 heteroatoms. The Morgan fingerprint density at radius 3 is 2.03 bits per heavy atom. The Kier molecular flexibility index (Phi) is 7.66. The van der Waals surface area contributed by atoms with Gasteiger partial charge in [0.15, 0.2) is 0 Å². The van der Waals surface area contributed by atoms with Gasteiger partial charge in [-0.05, 0) is 53.6 Å². The molecule has 0 aliphatic rings. The molecule has 0 radical (unpaired) electrons. The third kappa shape index (κ3) is 6.38. The average molecular weight is 493 g/mol. The molecule has 1 N–H and O–H groups in total. The van der Waals surface area contributed by atoms with Crippen LogP contribution in [0.15, 0.2) is 66.7 Å². The van der Waals surface area contributed by atoms with E-state index in [1.54, 1.807) is 31.4 Å². The maximum atomic E-state index is 12.5. The van der Waals surface area contributed by atoms with Crippen molar-refractivity contribution in [2.75, 3.05) is 17.7 Å². The van der Waals surface area contributed by atoms with E-state index >= 15 is 0 Å². The van der Waals surface area contributed by atoms with Gasteiger partial charge < -0.3 is 10.1 Å². The molecule has 0 atom stereocenters. The van der Waals surface area contributed by atoms with E-state index in [1.807, 2.05) is 24.3 Å². The van der Waals surface area contributed by atoms with Crippen LogP contribution in [-0.4, -0.2) is 27.7 Å². The summed E-state index contributed by atoms with van der Waals surface area (Å²) in [6.07, 6.45) is 1.11. The van der Waals surface area contributed by atoms with Gasteiger partial charge in [0.05, 0.1) is 25.6 Å². The van der Waals surface area contributed by atoms with Crippen LogP contribution in [0.25, 0.3) is 0 Å². The minimum absolute atomic E-state index is 0.0727. The number of ether oxygens (including phenoxy) is 1. The van der Waals surface area contributed by atoms with Crippen LogP contribution in [0.5, 0.6) is 5.75 Å². The van der Waals surface area contributed by atoms with Crippen molar-refractivity contribution < 1.29 is 17.9 Å². The molecule has 0 bridgehead atoms. The highest BCUT2D eigenvalue weighted by Crippen LogP contribution is 2.28. The summed E-state index contributed by atoms with van der Waals surface area (Å²) in [6.45, 7) is 0.450. The molecule has 0 heterocycles. The van der Waals surface area contributed by atoms with E-state index in [1.165, 1.54) is 22.5 Å². The van der Waals surface area contributed by atoms with Crippen LogP contribution in [0.1, 0.15) is 21.5 Å². The van der Waals surface area contributed by atoms with Crippen LogP contribution in [0.4, 0.5) is 5.69 Å². The van der Waals surface area contributed by atoms with Gasteiger partial charge in [0.25, 0.3) is 5.91 Å². The molecule has 0 saturated heterocycles. The summed E-state index contributed by atoms with van der Waals surface area (Å²) in [5.74, 6) is 0.521. The van der Waals surface area contributed by atoms with Gasteiger partial charge in [-0.15, -0.1) is 0 Å². The van der Waals surface area contributed by atoms with Gasteiger partial charge in [-0.1, -0.05) is 47.5 Å². The van der Waals surface area contributed by atoms with Crippen LogP contribution >= 0.6 is 23.2 Å². The maximum Gasteiger partial charge on any atom is 0.251 e. The molecule has 0 saturated carbocycles. The number of hydrogen-bond donors (Lipinski definition) is 1. The molecule has 1 amide bonds. The predicted molar refractivity (Wildman–Crippen MR) is 128 cm³/mol. The summed E-state index contributed by atoms with van der Waals surface area (Å²) in [6, 6.07) is 18.8. The lowest BCUT2D eigenvalue weighted by molar-refractivity contribution is 0.0951. The van der Waals surface area contributed by atoms with Crippen LogP contribution in [0.3, 0.4) is 0 Å². The normalized spacial score (nSPS) is 11.1. The fourth-order valence-electron chi connectivity index (χ4n) is 3.04. The van der Waals surface area contributed by atoms with Crippen LogP contribution in [-0.2, 0) is 23.1 Å². The van der Waals surface area contributed by atoms with Crippen LogP contribution < -0.4 is 14.4 Å². The van der Waals surface area contributed by atoms with Crippen molar-refractivity contribution in [1.82, 2.24) is 5.32 Å². The van der Waals surface area contributed by atoms with Crippen molar-refractivity contribution in [2.24, 2.45) is 0 Å². The summed E-state index contributed by atoms with van der Waals surface area (Å²) in [7, 11) is -2.00. The first-order chi connectivity index (χ1) is 15.2. The van der Waals surface area contributed by atoms with Gasteiger partial charge in [-0.2, -0.15) is 0 Å². The molecule has 0 fully saturated rings. The molecule has 0 aliphatic carbocycles. The summed E-state index contributed by atoms with van der Waals surface area (Å²) in [4.78, 5) is 12.5. The second-order valence-electron chi connectivity index (χ2n) is 7.12. The Labute approximate surface area is 197 Å². The van der Waals surface area contributed by atoms with Crippen molar-refractivity contribution >= 4 is 44.8 Å². The van der Waals surface area contributed by atoms with E-state index in [0.717, 1.165) is 17.6 Å². The second-order valence-corrected chi connectivity index (χ2v) is 9.90. The molecule has 168 valence electrons. The van der Waals surface area contributed by atoms with Gasteiger partial charge >= 0.3 is 0 Å². The number of amides is 1. The predicted octanol–water partition coefficient (Wildman–Crippen LogP) is 4.90. The van der Waals surface area contributed by atoms with E-state index in [0.29, 0.717) is 33.4 Å². The number of nitrogens with zero attached hydrogens (tertiary/aromatic N) is 1. The van der Waals surface area contributed by atoms with Gasteiger partial charge in [-0.25, -0.2) is 8.42 Å². The second kappa shape index (κ2) is 10.3. The lowest BCUT2D eigenvalue weighted by Crippen LogP contribution is -2.29. The molecule has 0 unspecified atom stereocenters. The number of nitrogens with one attached hydrogen (secondary N) is 1. The number of anilines is 1. The number of rotatable bonds is 8. The van der Waals surface area contributed by atoms with Crippen molar-refractivity contribution in [3.63, 3.8) is 0 Å². The van der Waals surface area contributed by atoms with Crippen molar-refractivity contribution in [1.29, 1.82) is 0 Å². The van der Waals surface area contributed by atoms with Crippen LogP contribution in [0, 0.1) is 0 Å². The van der Waals surface area contributed by atoms with Gasteiger partial charge in [0.1, 0.15) is 5.75 Å². The molecule has 3 aromatic rings. The molecular weight excluding hydrogens is 471 g/mol. The van der Waals surface area contributed by atoms with Crippen molar-refractivity contribution in [3.05, 3.63) is 93.5 Å². The molecule has 6 nitrogen and oxygen atoms in total. The monoisotopic (exact) mass is 492 g/mol. The fraction of sp³-hybridized carbons (Fsp3) is 0.174. The number of carbonyl (C=O) groups is 1. The topological polar surface area (TPSA) is 75.7 Å². The lowest BCUT2D eigenvalue weighted by atomic mass is 10.1. The van der Waals surface area contributed by atoms with Gasteiger partial charge in [0, 0.05) is 22.2 Å². The van der Waals surface area contributed by atoms with Gasteiger partial charge in [-0.3, -0.25) is 9.10 Å². The summed E-state index contributed by atoms with van der Waals surface area (Å²) in [5, 5.41) is 3.54. The number of hydrogen-bond acceptors (Lipinski definition) is 4. The summed E-state index contributed by atoms with van der Waals surface area (Å²) < 4.78 is 31.1. The zero-order valence-corrected chi connectivity index (χ0v) is 19.8. The number of benzene rings is 3. The molecular formula is C23H22Cl2N2O4S. The Bertz CT molecular complexity index is 1180. The Morgan fingerprint density at radius 2 is 1.50 bits per heavy atom. The van der Waals surface area contributed by atoms with Crippen molar-refractivity contribution in [3.8, 4) is 5.75 Å².